The van der Waals surface area contributed by atoms with E-state index in [4.69, 9.17) is 0 Å². The molecule has 0 aliphatic carbocycles. The smallest absolute Gasteiger partial charge is 0.195 e. The van der Waals surface area contributed by atoms with Gasteiger partial charge in [-0.2, -0.15) is 8.42 Å². The molecule has 0 bridgehead atoms. The molecule has 2 nitrogen and oxygen atoms in total. The number of benzene rings is 1. The van der Waals surface area contributed by atoms with Crippen molar-refractivity contribution < 1.29 is 12.3 Å². The average molecular weight is 230 g/mol. The highest BCUT2D eigenvalue weighted by molar-refractivity contribution is 7.86. The summed E-state index contributed by atoms with van der Waals surface area (Å²) in [5, 5.41) is 0. The molecule has 0 radical (unpaired) electrons. The second kappa shape index (κ2) is 4.31. The maximum Gasteiger partial charge on any atom is 0.302 e. The molecule has 0 heterocycles. The van der Waals surface area contributed by atoms with Gasteiger partial charge in [-0.1, -0.05) is 17.7 Å². The Hall–Kier alpha value is -0.900. The molecule has 0 spiro atoms. The van der Waals surface area contributed by atoms with Crippen molar-refractivity contribution in [3.8, 4) is 0 Å². The van der Waals surface area contributed by atoms with Crippen LogP contribution in [0.5, 0.6) is 0 Å². The van der Waals surface area contributed by atoms with Crippen LogP contribution in [0, 0.1) is 20.8 Å². The first-order chi connectivity index (χ1) is 6.79. The predicted molar refractivity (Wildman–Crippen MR) is 59.3 cm³/mol. The first-order valence-corrected chi connectivity index (χ1v) is 6.34. The summed E-state index contributed by atoms with van der Waals surface area (Å²) in [6.07, 6.45) is 0.247. The zero-order chi connectivity index (χ0) is 11.6. The minimum absolute atomic E-state index is 0.247. The van der Waals surface area contributed by atoms with Crippen LogP contribution in [0.2, 0.25) is 0 Å². The summed E-state index contributed by atoms with van der Waals surface area (Å²) >= 11 is 0. The molecule has 0 amide bonds. The molecule has 0 aliphatic heterocycles. The molecule has 15 heavy (non-hydrogen) atoms. The largest absolute Gasteiger partial charge is 0.302 e. The van der Waals surface area contributed by atoms with Gasteiger partial charge in [-0.3, -0.25) is 0 Å². The van der Waals surface area contributed by atoms with Crippen LogP contribution in [0.1, 0.15) is 22.3 Å². The molecule has 1 aromatic rings. The van der Waals surface area contributed by atoms with Crippen molar-refractivity contribution in [2.24, 2.45) is 0 Å². The monoisotopic (exact) mass is 230 g/mol. The summed E-state index contributed by atoms with van der Waals surface area (Å²) in [5.74, 6) is -0.433. The van der Waals surface area contributed by atoms with Gasteiger partial charge in [0.2, 0.25) is 0 Å². The summed E-state index contributed by atoms with van der Waals surface area (Å²) in [6, 6.07) is 3.96. The lowest BCUT2D eigenvalue weighted by atomic mass is 9.98. The minimum atomic E-state index is -4.37. The van der Waals surface area contributed by atoms with Gasteiger partial charge in [0, 0.05) is 0 Å². The van der Waals surface area contributed by atoms with Crippen LogP contribution in [-0.4, -0.2) is 14.2 Å². The molecule has 4 heteroatoms. The molecule has 84 valence electrons. The Morgan fingerprint density at radius 3 is 2.00 bits per heavy atom. The van der Waals surface area contributed by atoms with Crippen LogP contribution in [0.15, 0.2) is 12.1 Å². The Balaban J connectivity index is 2.96. The lowest BCUT2D eigenvalue weighted by Gasteiger charge is -2.09. The predicted octanol–water partition coefficient (Wildman–Crippen LogP) is 2.45. The molecule has 0 fully saturated rings. The third-order valence-corrected chi connectivity index (χ3v) is 3.13. The molecule has 0 N–H and O–H groups in total. The van der Waals surface area contributed by atoms with E-state index in [1.165, 1.54) is 0 Å². The number of rotatable bonds is 3. The number of hydrogen-bond donors (Lipinski definition) is 0. The van der Waals surface area contributed by atoms with E-state index in [9.17, 15) is 12.3 Å². The third-order valence-electron chi connectivity index (χ3n) is 2.44. The van der Waals surface area contributed by atoms with Gasteiger partial charge in [0.05, 0.1) is 5.75 Å². The lowest BCUT2D eigenvalue weighted by molar-refractivity contribution is 0.551. The van der Waals surface area contributed by atoms with Crippen LogP contribution in [-0.2, 0) is 16.6 Å². The number of hydrogen-bond acceptors (Lipinski definition) is 2. The van der Waals surface area contributed by atoms with Crippen molar-refractivity contribution in [1.29, 1.82) is 0 Å². The Labute approximate surface area is 90.3 Å². The SMILES string of the molecule is Cc1cc(C)c(CCS(=O)(=O)F)c(C)c1. The van der Waals surface area contributed by atoms with E-state index in [0.717, 1.165) is 22.3 Å². The van der Waals surface area contributed by atoms with E-state index in [1.807, 2.05) is 32.9 Å². The Bertz CT molecular complexity index is 440. The summed E-state index contributed by atoms with van der Waals surface area (Å²) in [7, 11) is -4.37. The van der Waals surface area contributed by atoms with Crippen molar-refractivity contribution in [1.82, 2.24) is 0 Å². The first-order valence-electron chi connectivity index (χ1n) is 4.78. The first kappa shape index (κ1) is 12.2. The van der Waals surface area contributed by atoms with Crippen molar-refractivity contribution >= 4 is 10.2 Å². The van der Waals surface area contributed by atoms with Crippen molar-refractivity contribution in [3.63, 3.8) is 0 Å². The van der Waals surface area contributed by atoms with Gasteiger partial charge in [-0.15, -0.1) is 3.89 Å². The zero-order valence-electron chi connectivity index (χ0n) is 9.17. The van der Waals surface area contributed by atoms with Crippen LogP contribution < -0.4 is 0 Å². The number of halogens is 1. The normalized spacial score (nSPS) is 11.7. The van der Waals surface area contributed by atoms with Crippen LogP contribution in [0.25, 0.3) is 0 Å². The molecular weight excluding hydrogens is 215 g/mol. The molecule has 0 saturated carbocycles. The van der Waals surface area contributed by atoms with Gasteiger partial charge >= 0.3 is 10.2 Å². The van der Waals surface area contributed by atoms with E-state index >= 15 is 0 Å². The summed E-state index contributed by atoms with van der Waals surface area (Å²) in [6.45, 7) is 5.82. The average Bonchev–Trinajstić information content (AvgIpc) is 1.99. The van der Waals surface area contributed by atoms with E-state index < -0.39 is 16.0 Å². The second-order valence-electron chi connectivity index (χ2n) is 3.87. The van der Waals surface area contributed by atoms with E-state index in [2.05, 4.69) is 0 Å². The summed E-state index contributed by atoms with van der Waals surface area (Å²) in [4.78, 5) is 0. The molecule has 0 aromatic heterocycles. The van der Waals surface area contributed by atoms with Gasteiger partial charge < -0.3 is 0 Å². The maximum atomic E-state index is 12.4. The molecule has 0 unspecified atom stereocenters. The van der Waals surface area contributed by atoms with Gasteiger partial charge in [0.15, 0.2) is 0 Å². The topological polar surface area (TPSA) is 34.1 Å². The number of aryl methyl sites for hydroxylation is 3. The van der Waals surface area contributed by atoms with E-state index in [-0.39, 0.29) is 6.42 Å². The third kappa shape index (κ3) is 3.63. The highest BCUT2D eigenvalue weighted by Gasteiger charge is 2.10. The van der Waals surface area contributed by atoms with Gasteiger partial charge in [0.25, 0.3) is 0 Å². The fraction of sp³-hybridized carbons (Fsp3) is 0.455. The van der Waals surface area contributed by atoms with Crippen LogP contribution in [0.3, 0.4) is 0 Å². The highest BCUT2D eigenvalue weighted by Crippen LogP contribution is 2.17. The van der Waals surface area contributed by atoms with E-state index in [0.29, 0.717) is 0 Å². The quantitative estimate of drug-likeness (QED) is 0.747. The van der Waals surface area contributed by atoms with Crippen LogP contribution >= 0.6 is 0 Å². The summed E-state index contributed by atoms with van der Waals surface area (Å²) in [5.41, 5.74) is 4.12. The molecular formula is C11H15FO2S. The Kier molecular flexibility index (Phi) is 3.50. The lowest BCUT2D eigenvalue weighted by Crippen LogP contribution is -2.05. The van der Waals surface area contributed by atoms with Crippen molar-refractivity contribution in [2.75, 3.05) is 5.75 Å². The van der Waals surface area contributed by atoms with Gasteiger partial charge in [-0.25, -0.2) is 0 Å². The van der Waals surface area contributed by atoms with Crippen LogP contribution in [0.4, 0.5) is 3.89 Å². The molecule has 1 aromatic carbocycles. The van der Waals surface area contributed by atoms with E-state index in [1.54, 1.807) is 0 Å². The molecule has 0 aliphatic rings. The Morgan fingerprint density at radius 1 is 1.13 bits per heavy atom. The zero-order valence-corrected chi connectivity index (χ0v) is 9.99. The van der Waals surface area contributed by atoms with Gasteiger partial charge in [-0.05, 0) is 43.9 Å². The fourth-order valence-corrected chi connectivity index (χ4v) is 2.28. The minimum Gasteiger partial charge on any atom is -0.195 e. The fourth-order valence-electron chi connectivity index (χ4n) is 1.83. The standard InChI is InChI=1S/C11H15FO2S/c1-8-6-9(2)11(10(3)7-8)4-5-15(12,13)14/h6-7H,4-5H2,1-3H3. The van der Waals surface area contributed by atoms with Gasteiger partial charge in [0.1, 0.15) is 0 Å². The molecule has 0 atom stereocenters. The highest BCUT2D eigenvalue weighted by atomic mass is 32.3. The molecule has 0 saturated heterocycles. The maximum absolute atomic E-state index is 12.4. The van der Waals surface area contributed by atoms with Crippen molar-refractivity contribution in [3.05, 3.63) is 34.4 Å². The van der Waals surface area contributed by atoms with Crippen molar-refractivity contribution in [2.45, 2.75) is 27.2 Å². The summed E-state index contributed by atoms with van der Waals surface area (Å²) < 4.78 is 33.2. The Morgan fingerprint density at radius 2 is 1.60 bits per heavy atom. The molecule has 1 rings (SSSR count). The second-order valence-corrected chi connectivity index (χ2v) is 5.36.